The molecule has 0 aliphatic carbocycles. The Kier molecular flexibility index (Phi) is 8.21. The van der Waals surface area contributed by atoms with Gasteiger partial charge >= 0.3 is 0 Å². The fourth-order valence-corrected chi connectivity index (χ4v) is 3.94. The molecule has 0 aromatic heterocycles. The van der Waals surface area contributed by atoms with Crippen LogP contribution in [-0.4, -0.2) is 24.4 Å². The highest BCUT2D eigenvalue weighted by molar-refractivity contribution is 5.86. The van der Waals surface area contributed by atoms with Gasteiger partial charge in [0.05, 0.1) is 0 Å². The summed E-state index contributed by atoms with van der Waals surface area (Å²) in [6.45, 7) is 10.3. The molecule has 32 heavy (non-hydrogen) atoms. The summed E-state index contributed by atoms with van der Waals surface area (Å²) in [5.74, 6) is -0.0251. The minimum atomic E-state index is -0.0251. The second-order valence-electron chi connectivity index (χ2n) is 8.32. The highest BCUT2D eigenvalue weighted by Gasteiger charge is 2.07. The van der Waals surface area contributed by atoms with Crippen molar-refractivity contribution in [1.82, 2.24) is 4.90 Å². The average molecular weight is 424 g/mol. The molecule has 0 heterocycles. The molecule has 2 nitrogen and oxygen atoms in total. The average Bonchev–Trinajstić information content (AvgIpc) is 2.83. The van der Waals surface area contributed by atoms with Crippen molar-refractivity contribution in [3.05, 3.63) is 109 Å². The van der Waals surface area contributed by atoms with Crippen LogP contribution in [0.1, 0.15) is 29.5 Å². The third kappa shape index (κ3) is 6.07. The van der Waals surface area contributed by atoms with E-state index in [1.807, 2.05) is 13.1 Å². The van der Waals surface area contributed by atoms with Crippen molar-refractivity contribution in [1.29, 1.82) is 0 Å². The van der Waals surface area contributed by atoms with Gasteiger partial charge in [-0.2, -0.15) is 0 Å². The summed E-state index contributed by atoms with van der Waals surface area (Å²) in [5.41, 5.74) is 8.90. The van der Waals surface area contributed by atoms with Gasteiger partial charge in [-0.05, 0) is 77.6 Å². The molecule has 3 aromatic carbocycles. The van der Waals surface area contributed by atoms with Crippen LogP contribution in [0.15, 0.2) is 92.0 Å². The van der Waals surface area contributed by atoms with E-state index in [4.69, 9.17) is 0 Å². The number of likely N-dealkylation sites (N-methyl/N-ethyl adjacent to an activating group) is 1. The smallest absolute Gasteiger partial charge is 0.245 e. The lowest BCUT2D eigenvalue weighted by atomic mass is 9.94. The molecule has 0 aliphatic rings. The number of carbonyl (C=O) groups excluding carboxylic acids is 1. The molecule has 0 spiro atoms. The molecular weight excluding hydrogens is 390 g/mol. The van der Waals surface area contributed by atoms with Crippen LogP contribution in [0.5, 0.6) is 0 Å². The highest BCUT2D eigenvalue weighted by atomic mass is 16.2. The summed E-state index contributed by atoms with van der Waals surface area (Å²) < 4.78 is 0. The van der Waals surface area contributed by atoms with Crippen molar-refractivity contribution in [2.75, 3.05) is 13.6 Å². The first-order valence-corrected chi connectivity index (χ1v) is 11.3. The van der Waals surface area contributed by atoms with Crippen molar-refractivity contribution in [2.24, 2.45) is 0 Å². The molecule has 0 saturated heterocycles. The Morgan fingerprint density at radius 3 is 2.03 bits per heavy atom. The fraction of sp³-hybridized carbons (Fsp3) is 0.233. The lowest BCUT2D eigenvalue weighted by Crippen LogP contribution is -2.25. The molecule has 164 valence electrons. The van der Waals surface area contributed by atoms with Gasteiger partial charge in [0, 0.05) is 13.6 Å². The van der Waals surface area contributed by atoms with Crippen molar-refractivity contribution in [3.63, 3.8) is 0 Å². The third-order valence-corrected chi connectivity index (χ3v) is 5.93. The molecule has 0 atom stereocenters. The van der Waals surface area contributed by atoms with Crippen molar-refractivity contribution < 1.29 is 4.79 Å². The fourth-order valence-electron chi connectivity index (χ4n) is 3.94. The van der Waals surface area contributed by atoms with Gasteiger partial charge in [-0.25, -0.2) is 0 Å². The zero-order chi connectivity index (χ0) is 22.9. The normalized spacial score (nSPS) is 10.6. The van der Waals surface area contributed by atoms with Crippen LogP contribution in [-0.2, 0) is 17.6 Å². The number of hydrogen-bond donors (Lipinski definition) is 0. The Hall–Kier alpha value is -3.39. The first-order valence-electron chi connectivity index (χ1n) is 11.3. The minimum Gasteiger partial charge on any atom is -0.342 e. The second kappa shape index (κ2) is 11.3. The molecule has 0 unspecified atom stereocenters. The maximum atomic E-state index is 11.6. The molecule has 0 fully saturated rings. The Morgan fingerprint density at radius 1 is 0.844 bits per heavy atom. The number of nitrogens with zero attached hydrogens (tertiary/aromatic N) is 1. The monoisotopic (exact) mass is 423 g/mol. The quantitative estimate of drug-likeness (QED) is 0.253. The molecule has 0 saturated carbocycles. The Bertz CT molecular complexity index is 1060. The molecule has 0 bridgehead atoms. The topological polar surface area (TPSA) is 20.3 Å². The molecule has 0 N–H and O–H groups in total. The number of rotatable bonds is 10. The van der Waals surface area contributed by atoms with E-state index in [1.165, 1.54) is 45.0 Å². The van der Waals surface area contributed by atoms with E-state index < -0.39 is 0 Å². The lowest BCUT2D eigenvalue weighted by Gasteiger charge is -2.14. The zero-order valence-electron chi connectivity index (χ0n) is 19.3. The summed E-state index contributed by atoms with van der Waals surface area (Å²) in [4.78, 5) is 13.3. The molecule has 0 radical (unpaired) electrons. The van der Waals surface area contributed by atoms with E-state index in [1.54, 1.807) is 4.90 Å². The van der Waals surface area contributed by atoms with E-state index in [0.717, 1.165) is 32.2 Å². The molecule has 0 aliphatic heterocycles. The standard InChI is InChI=1S/C30H33NO/c1-5-7-9-24-11-15-26(16-12-24)28-19-20-29(23(3)22-28)27-17-13-25(14-18-27)10-8-21-31(4)30(32)6-2/h5-6,11-20,22H,1-2,7-10,21H2,3-4H3. The van der Waals surface area contributed by atoms with E-state index in [2.05, 4.69) is 86.8 Å². The number of aryl methyl sites for hydroxylation is 3. The van der Waals surface area contributed by atoms with Crippen LogP contribution in [0.4, 0.5) is 0 Å². The maximum absolute atomic E-state index is 11.6. The first-order chi connectivity index (χ1) is 15.5. The highest BCUT2D eigenvalue weighted by Crippen LogP contribution is 2.29. The zero-order valence-corrected chi connectivity index (χ0v) is 19.3. The Balaban J connectivity index is 1.65. The van der Waals surface area contributed by atoms with Crippen molar-refractivity contribution in [2.45, 2.75) is 32.6 Å². The van der Waals surface area contributed by atoms with E-state index in [9.17, 15) is 4.79 Å². The van der Waals surface area contributed by atoms with Gasteiger partial charge in [-0.3, -0.25) is 4.79 Å². The molecular formula is C30H33NO. The van der Waals surface area contributed by atoms with Crippen molar-refractivity contribution in [3.8, 4) is 22.3 Å². The predicted octanol–water partition coefficient (Wildman–Crippen LogP) is 7.02. The third-order valence-electron chi connectivity index (χ3n) is 5.93. The first kappa shape index (κ1) is 23.3. The maximum Gasteiger partial charge on any atom is 0.245 e. The van der Waals surface area contributed by atoms with E-state index in [0.29, 0.717) is 0 Å². The predicted molar refractivity (Wildman–Crippen MR) is 137 cm³/mol. The van der Waals surface area contributed by atoms with Gasteiger partial charge in [0.15, 0.2) is 0 Å². The summed E-state index contributed by atoms with van der Waals surface area (Å²) >= 11 is 0. The number of hydrogen-bond acceptors (Lipinski definition) is 1. The number of benzene rings is 3. The lowest BCUT2D eigenvalue weighted by molar-refractivity contribution is -0.124. The molecule has 3 rings (SSSR count). The summed E-state index contributed by atoms with van der Waals surface area (Å²) in [5, 5.41) is 0. The largest absolute Gasteiger partial charge is 0.342 e. The number of carbonyl (C=O) groups is 1. The van der Waals surface area contributed by atoms with Gasteiger partial charge in [0.1, 0.15) is 0 Å². The van der Waals surface area contributed by atoms with Crippen LogP contribution in [0.25, 0.3) is 22.3 Å². The van der Waals surface area contributed by atoms with Gasteiger partial charge in [0.25, 0.3) is 0 Å². The van der Waals surface area contributed by atoms with Gasteiger partial charge in [-0.15, -0.1) is 6.58 Å². The van der Waals surface area contributed by atoms with Crippen LogP contribution in [0.3, 0.4) is 0 Å². The Morgan fingerprint density at radius 2 is 1.44 bits per heavy atom. The molecule has 3 aromatic rings. The molecule has 2 heteroatoms. The second-order valence-corrected chi connectivity index (χ2v) is 8.32. The van der Waals surface area contributed by atoms with Gasteiger partial charge in [0.2, 0.25) is 5.91 Å². The van der Waals surface area contributed by atoms with Crippen LogP contribution in [0, 0.1) is 6.92 Å². The number of allylic oxidation sites excluding steroid dienone is 1. The minimum absolute atomic E-state index is 0.0251. The van der Waals surface area contributed by atoms with Crippen LogP contribution >= 0.6 is 0 Å². The summed E-state index contributed by atoms with van der Waals surface area (Å²) in [7, 11) is 1.82. The number of amides is 1. The van der Waals surface area contributed by atoms with Crippen molar-refractivity contribution >= 4 is 5.91 Å². The van der Waals surface area contributed by atoms with Gasteiger partial charge < -0.3 is 4.90 Å². The van der Waals surface area contributed by atoms with Crippen LogP contribution < -0.4 is 0 Å². The molecule has 1 amide bonds. The SMILES string of the molecule is C=CCCc1ccc(-c2ccc(-c3ccc(CCCN(C)C(=O)C=C)cc3)c(C)c2)cc1. The summed E-state index contributed by atoms with van der Waals surface area (Å²) in [6, 6.07) is 24.3. The van der Waals surface area contributed by atoms with Gasteiger partial charge in [-0.1, -0.05) is 79.4 Å². The Labute approximate surface area is 192 Å². The van der Waals surface area contributed by atoms with E-state index >= 15 is 0 Å². The van der Waals surface area contributed by atoms with E-state index in [-0.39, 0.29) is 5.91 Å². The summed E-state index contributed by atoms with van der Waals surface area (Å²) in [6.07, 6.45) is 7.28. The van der Waals surface area contributed by atoms with Crippen LogP contribution in [0.2, 0.25) is 0 Å².